The van der Waals surface area contributed by atoms with E-state index in [-0.39, 0.29) is 17.2 Å². The molecular formula is C13H18ClNO4. The molecule has 1 aromatic carbocycles. The number of nitrogens with zero attached hydrogens (tertiary/aromatic N) is 1. The Morgan fingerprint density at radius 1 is 1.42 bits per heavy atom. The van der Waals surface area contributed by atoms with Crippen LogP contribution in [-0.2, 0) is 4.74 Å². The fourth-order valence-electron chi connectivity index (χ4n) is 1.48. The highest BCUT2D eigenvalue weighted by molar-refractivity contribution is 6.17. The van der Waals surface area contributed by atoms with Crippen molar-refractivity contribution in [3.05, 3.63) is 23.8 Å². The second kappa shape index (κ2) is 7.86. The van der Waals surface area contributed by atoms with Crippen molar-refractivity contribution in [1.29, 1.82) is 0 Å². The predicted octanol–water partition coefficient (Wildman–Crippen LogP) is 1.73. The van der Waals surface area contributed by atoms with E-state index in [4.69, 9.17) is 21.1 Å². The molecule has 0 fully saturated rings. The fourth-order valence-corrected chi connectivity index (χ4v) is 1.59. The standard InChI is InChI=1S/C13H18ClNO4/c1-15(6-8-19-7-5-14)13(17)11-4-3-10(18-2)9-12(11)16/h3-4,9,16H,5-8H2,1-2H3. The number of phenolic OH excluding ortho intramolecular Hbond substituents is 1. The van der Waals surface area contributed by atoms with Crippen LogP contribution >= 0.6 is 11.6 Å². The van der Waals surface area contributed by atoms with Crippen LogP contribution < -0.4 is 4.74 Å². The minimum atomic E-state index is -0.269. The number of benzene rings is 1. The summed E-state index contributed by atoms with van der Waals surface area (Å²) in [7, 11) is 3.15. The number of carbonyl (C=O) groups excluding carboxylic acids is 1. The van der Waals surface area contributed by atoms with Gasteiger partial charge >= 0.3 is 0 Å². The number of ether oxygens (including phenoxy) is 2. The van der Waals surface area contributed by atoms with Crippen molar-refractivity contribution >= 4 is 17.5 Å². The van der Waals surface area contributed by atoms with Crippen LogP contribution in [0.5, 0.6) is 11.5 Å². The Bertz CT molecular complexity index is 425. The van der Waals surface area contributed by atoms with Gasteiger partial charge in [0.2, 0.25) is 0 Å². The average Bonchev–Trinajstić information content (AvgIpc) is 2.42. The zero-order valence-corrected chi connectivity index (χ0v) is 11.8. The summed E-state index contributed by atoms with van der Waals surface area (Å²) in [6, 6.07) is 4.57. The SMILES string of the molecule is COc1ccc(C(=O)N(C)CCOCCCl)c(O)c1. The first-order valence-corrected chi connectivity index (χ1v) is 6.39. The fraction of sp³-hybridized carbons (Fsp3) is 0.462. The molecule has 0 heterocycles. The highest BCUT2D eigenvalue weighted by atomic mass is 35.5. The number of likely N-dealkylation sites (N-methyl/N-ethyl adjacent to an activating group) is 1. The van der Waals surface area contributed by atoms with Crippen LogP contribution in [0.4, 0.5) is 0 Å². The van der Waals surface area contributed by atoms with Gasteiger partial charge < -0.3 is 19.5 Å². The molecule has 0 saturated heterocycles. The number of phenols is 1. The number of alkyl halides is 1. The van der Waals surface area contributed by atoms with Gasteiger partial charge in [0.1, 0.15) is 11.5 Å². The van der Waals surface area contributed by atoms with Crippen molar-refractivity contribution in [3.63, 3.8) is 0 Å². The Morgan fingerprint density at radius 3 is 2.74 bits per heavy atom. The number of carbonyl (C=O) groups is 1. The van der Waals surface area contributed by atoms with Gasteiger partial charge in [-0.1, -0.05) is 0 Å². The van der Waals surface area contributed by atoms with E-state index in [1.807, 2.05) is 0 Å². The molecule has 0 bridgehead atoms. The molecular weight excluding hydrogens is 270 g/mol. The third-order valence-electron chi connectivity index (χ3n) is 2.57. The molecule has 106 valence electrons. The quantitative estimate of drug-likeness (QED) is 0.613. The topological polar surface area (TPSA) is 59.0 Å². The van der Waals surface area contributed by atoms with E-state index < -0.39 is 0 Å². The molecule has 5 nitrogen and oxygen atoms in total. The van der Waals surface area contributed by atoms with Crippen LogP contribution in [0.1, 0.15) is 10.4 Å². The largest absolute Gasteiger partial charge is 0.507 e. The van der Waals surface area contributed by atoms with Crippen LogP contribution in [0.25, 0.3) is 0 Å². The highest BCUT2D eigenvalue weighted by Crippen LogP contribution is 2.24. The number of hydrogen-bond acceptors (Lipinski definition) is 4. The number of methoxy groups -OCH3 is 1. The van der Waals surface area contributed by atoms with Gasteiger partial charge in [-0.05, 0) is 12.1 Å². The molecule has 1 rings (SSSR count). The van der Waals surface area contributed by atoms with Crippen molar-refractivity contribution in [1.82, 2.24) is 4.90 Å². The van der Waals surface area contributed by atoms with E-state index >= 15 is 0 Å². The van der Waals surface area contributed by atoms with Crippen molar-refractivity contribution < 1.29 is 19.4 Å². The highest BCUT2D eigenvalue weighted by Gasteiger charge is 2.16. The van der Waals surface area contributed by atoms with Crippen LogP contribution in [0.2, 0.25) is 0 Å². The third kappa shape index (κ3) is 4.61. The molecule has 1 aromatic rings. The molecule has 0 unspecified atom stereocenters. The van der Waals surface area contributed by atoms with Gasteiger partial charge in [0.05, 0.1) is 25.9 Å². The number of hydrogen-bond donors (Lipinski definition) is 1. The first-order valence-electron chi connectivity index (χ1n) is 5.86. The second-order valence-electron chi connectivity index (χ2n) is 3.91. The average molecular weight is 288 g/mol. The summed E-state index contributed by atoms with van der Waals surface area (Å²) in [5.74, 6) is 0.561. The van der Waals surface area contributed by atoms with Crippen molar-refractivity contribution in [2.24, 2.45) is 0 Å². The first-order chi connectivity index (χ1) is 9.10. The number of aromatic hydroxyl groups is 1. The van der Waals surface area contributed by atoms with Gasteiger partial charge in [-0.15, -0.1) is 11.6 Å². The number of amides is 1. The van der Waals surface area contributed by atoms with Gasteiger partial charge in [-0.3, -0.25) is 4.79 Å². The lowest BCUT2D eigenvalue weighted by atomic mass is 10.1. The first kappa shape index (κ1) is 15.6. The van der Waals surface area contributed by atoms with E-state index in [9.17, 15) is 9.90 Å². The Balaban J connectivity index is 2.61. The Labute approximate surface area is 117 Å². The maximum absolute atomic E-state index is 12.1. The molecule has 0 aliphatic carbocycles. The van der Waals surface area contributed by atoms with Gasteiger partial charge in [-0.25, -0.2) is 0 Å². The maximum atomic E-state index is 12.1. The van der Waals surface area contributed by atoms with Crippen molar-refractivity contribution in [2.75, 3.05) is 39.8 Å². The van der Waals surface area contributed by atoms with Crippen molar-refractivity contribution in [3.8, 4) is 11.5 Å². The number of rotatable bonds is 7. The van der Waals surface area contributed by atoms with Gasteiger partial charge in [0.25, 0.3) is 5.91 Å². The molecule has 19 heavy (non-hydrogen) atoms. The summed E-state index contributed by atoms with van der Waals surface area (Å²) < 4.78 is 10.2. The summed E-state index contributed by atoms with van der Waals surface area (Å²) in [6.07, 6.45) is 0. The minimum Gasteiger partial charge on any atom is -0.507 e. The predicted molar refractivity (Wildman–Crippen MR) is 73.2 cm³/mol. The Hall–Kier alpha value is -1.46. The molecule has 1 N–H and O–H groups in total. The third-order valence-corrected chi connectivity index (χ3v) is 2.73. The molecule has 1 amide bonds. The van der Waals surface area contributed by atoms with Crippen LogP contribution in [0.3, 0.4) is 0 Å². The summed E-state index contributed by atoms with van der Waals surface area (Å²) in [5, 5.41) is 9.78. The smallest absolute Gasteiger partial charge is 0.257 e. The van der Waals surface area contributed by atoms with E-state index in [1.165, 1.54) is 24.1 Å². The van der Waals surface area contributed by atoms with Gasteiger partial charge in [0.15, 0.2) is 0 Å². The van der Waals surface area contributed by atoms with E-state index in [0.29, 0.717) is 31.4 Å². The van der Waals surface area contributed by atoms with E-state index in [2.05, 4.69) is 0 Å². The number of halogens is 1. The Kier molecular flexibility index (Phi) is 6.45. The van der Waals surface area contributed by atoms with Crippen molar-refractivity contribution in [2.45, 2.75) is 0 Å². The summed E-state index contributed by atoms with van der Waals surface area (Å²) >= 11 is 5.47. The van der Waals surface area contributed by atoms with E-state index in [1.54, 1.807) is 13.1 Å². The molecule has 0 radical (unpaired) electrons. The Morgan fingerprint density at radius 2 is 2.16 bits per heavy atom. The van der Waals surface area contributed by atoms with Crippen LogP contribution in [-0.4, -0.2) is 55.7 Å². The zero-order valence-electron chi connectivity index (χ0n) is 11.1. The molecule has 0 saturated carbocycles. The summed E-state index contributed by atoms with van der Waals surface area (Å²) in [6.45, 7) is 1.30. The molecule has 0 spiro atoms. The lowest BCUT2D eigenvalue weighted by Gasteiger charge is -2.18. The van der Waals surface area contributed by atoms with Gasteiger partial charge in [-0.2, -0.15) is 0 Å². The second-order valence-corrected chi connectivity index (χ2v) is 4.29. The van der Waals surface area contributed by atoms with Gasteiger partial charge in [0, 0.05) is 25.5 Å². The minimum absolute atomic E-state index is 0.0992. The zero-order chi connectivity index (χ0) is 14.3. The maximum Gasteiger partial charge on any atom is 0.257 e. The van der Waals surface area contributed by atoms with Crippen LogP contribution in [0.15, 0.2) is 18.2 Å². The lowest BCUT2D eigenvalue weighted by molar-refractivity contribution is 0.0709. The molecule has 0 aromatic heterocycles. The molecule has 0 atom stereocenters. The lowest BCUT2D eigenvalue weighted by Crippen LogP contribution is -2.30. The summed E-state index contributed by atoms with van der Waals surface area (Å²) in [5.41, 5.74) is 0.237. The molecule has 6 heteroatoms. The molecule has 0 aliphatic rings. The van der Waals surface area contributed by atoms with E-state index in [0.717, 1.165) is 0 Å². The molecule has 0 aliphatic heterocycles. The monoisotopic (exact) mass is 287 g/mol. The normalized spacial score (nSPS) is 10.3. The summed E-state index contributed by atoms with van der Waals surface area (Å²) in [4.78, 5) is 13.6. The van der Waals surface area contributed by atoms with Crippen LogP contribution in [0, 0.1) is 0 Å².